The molecule has 0 aliphatic carbocycles. The number of fused-ring (bicyclic) bond motifs is 2. The van der Waals surface area contributed by atoms with E-state index in [-0.39, 0.29) is 47.2 Å². The molecule has 0 saturated heterocycles. The first kappa shape index (κ1) is 22.0. The molecule has 2 aromatic rings. The smallest absolute Gasteiger partial charge is 0.174 e. The predicted molar refractivity (Wildman–Crippen MR) is 118 cm³/mol. The molecule has 7 nitrogen and oxygen atoms in total. The summed E-state index contributed by atoms with van der Waals surface area (Å²) in [6.45, 7) is 7.44. The average molecular weight is 440 g/mol. The molecule has 2 aromatic carbocycles. The molecule has 2 aliphatic heterocycles. The number of ether oxygens (including phenoxy) is 2. The minimum atomic E-state index is -0.856. The van der Waals surface area contributed by atoms with Gasteiger partial charge < -0.3 is 29.9 Å². The van der Waals surface area contributed by atoms with Gasteiger partial charge in [-0.2, -0.15) is 0 Å². The highest BCUT2D eigenvalue weighted by atomic mass is 16.5. The third-order valence-electron chi connectivity index (χ3n) is 6.10. The van der Waals surface area contributed by atoms with Crippen molar-refractivity contribution in [1.29, 1.82) is 0 Å². The van der Waals surface area contributed by atoms with E-state index >= 15 is 0 Å². The van der Waals surface area contributed by atoms with Gasteiger partial charge >= 0.3 is 0 Å². The Morgan fingerprint density at radius 2 is 1.88 bits per heavy atom. The molecule has 2 aliphatic rings. The maximum atomic E-state index is 12.8. The zero-order valence-electron chi connectivity index (χ0n) is 18.6. The summed E-state index contributed by atoms with van der Waals surface area (Å²) in [4.78, 5) is 12.8. The highest BCUT2D eigenvalue weighted by Crippen LogP contribution is 2.48. The first-order valence-electron chi connectivity index (χ1n) is 10.6. The summed E-state index contributed by atoms with van der Waals surface area (Å²) in [5, 5.41) is 41.6. The van der Waals surface area contributed by atoms with Crippen LogP contribution in [0, 0.1) is 0 Å². The van der Waals surface area contributed by atoms with E-state index in [0.29, 0.717) is 28.9 Å². The van der Waals surface area contributed by atoms with E-state index in [1.165, 1.54) is 6.07 Å². The van der Waals surface area contributed by atoms with Crippen LogP contribution in [-0.2, 0) is 12.8 Å². The van der Waals surface area contributed by atoms with E-state index in [1.54, 1.807) is 13.8 Å². The molecule has 0 saturated carbocycles. The van der Waals surface area contributed by atoms with E-state index in [0.717, 1.165) is 11.6 Å². The third kappa shape index (κ3) is 3.77. The van der Waals surface area contributed by atoms with E-state index in [4.69, 9.17) is 9.47 Å². The largest absolute Gasteiger partial charge is 0.508 e. The minimum Gasteiger partial charge on any atom is -0.508 e. The van der Waals surface area contributed by atoms with Crippen molar-refractivity contribution in [2.75, 3.05) is 0 Å². The predicted octanol–water partition coefficient (Wildman–Crippen LogP) is 4.09. The molecule has 0 bridgehead atoms. The fraction of sp³-hybridized carbons (Fsp3) is 0.400. The number of ketones is 1. The lowest BCUT2D eigenvalue weighted by Crippen LogP contribution is -2.46. The number of Topliss-reactive ketones (excluding diaryl/α,β-unsaturated/α-hetero) is 1. The number of phenolic OH excluding ortho intramolecular Hbond substituents is 3. The van der Waals surface area contributed by atoms with Crippen molar-refractivity contribution in [2.45, 2.75) is 64.8 Å². The van der Waals surface area contributed by atoms with E-state index in [2.05, 4.69) is 0 Å². The van der Waals surface area contributed by atoms with Crippen LogP contribution >= 0.6 is 0 Å². The van der Waals surface area contributed by atoms with Crippen molar-refractivity contribution in [2.24, 2.45) is 0 Å². The number of benzene rings is 2. The molecule has 0 spiro atoms. The van der Waals surface area contributed by atoms with Gasteiger partial charge in [-0.1, -0.05) is 11.6 Å². The molecular weight excluding hydrogens is 412 g/mol. The van der Waals surface area contributed by atoms with Crippen molar-refractivity contribution >= 4 is 5.78 Å². The van der Waals surface area contributed by atoms with Crippen LogP contribution < -0.4 is 9.47 Å². The van der Waals surface area contributed by atoms with Gasteiger partial charge in [0.25, 0.3) is 0 Å². The van der Waals surface area contributed by atoms with Gasteiger partial charge in [0.1, 0.15) is 34.5 Å². The summed E-state index contributed by atoms with van der Waals surface area (Å²) in [6, 6.07) is 4.21. The van der Waals surface area contributed by atoms with Gasteiger partial charge in [-0.05, 0) is 40.2 Å². The molecule has 0 fully saturated rings. The van der Waals surface area contributed by atoms with Gasteiger partial charge in [0.15, 0.2) is 17.3 Å². The van der Waals surface area contributed by atoms with Gasteiger partial charge in [-0.3, -0.25) is 4.79 Å². The van der Waals surface area contributed by atoms with Crippen molar-refractivity contribution in [3.63, 3.8) is 0 Å². The van der Waals surface area contributed by atoms with Gasteiger partial charge in [0.2, 0.25) is 0 Å². The van der Waals surface area contributed by atoms with Crippen LogP contribution in [0.15, 0.2) is 29.8 Å². The summed E-state index contributed by atoms with van der Waals surface area (Å²) in [7, 11) is 0. The Labute approximate surface area is 186 Å². The number of carbonyl (C=O) groups is 1. The number of hydrogen-bond acceptors (Lipinski definition) is 7. The highest BCUT2D eigenvalue weighted by Gasteiger charge is 2.40. The molecule has 4 rings (SSSR count). The Bertz CT molecular complexity index is 1130. The van der Waals surface area contributed by atoms with Gasteiger partial charge in [-0.15, -0.1) is 0 Å². The normalized spacial score (nSPS) is 21.1. The molecule has 7 heteroatoms. The topological polar surface area (TPSA) is 116 Å². The second kappa shape index (κ2) is 7.74. The summed E-state index contributed by atoms with van der Waals surface area (Å²) in [6.07, 6.45) is 1.10. The van der Waals surface area contributed by atoms with Crippen LogP contribution in [-0.4, -0.2) is 37.9 Å². The van der Waals surface area contributed by atoms with Crippen molar-refractivity contribution in [3.05, 3.63) is 52.1 Å². The second-order valence-corrected chi connectivity index (χ2v) is 9.26. The zero-order valence-corrected chi connectivity index (χ0v) is 18.6. The summed E-state index contributed by atoms with van der Waals surface area (Å²) < 4.78 is 12.0. The lowest BCUT2D eigenvalue weighted by molar-refractivity contribution is -0.0427. The lowest BCUT2D eigenvalue weighted by Gasteiger charge is -2.38. The van der Waals surface area contributed by atoms with Crippen molar-refractivity contribution in [1.82, 2.24) is 0 Å². The fourth-order valence-corrected chi connectivity index (χ4v) is 4.22. The third-order valence-corrected chi connectivity index (χ3v) is 6.10. The summed E-state index contributed by atoms with van der Waals surface area (Å²) in [5.74, 6) is -0.482. The standard InChI is InChI=1S/C25H28O7/c1-12(2)5-6-15-16(7-13-8-21(29)25(3,4)32-24(13)23(15)30)19-11-18(28)22-17(27)9-14(26)10-20(22)31-19/h5,7,9-10,19,21,26-27,29-30H,6,8,11H2,1-4H3/t19-,21-/m0/s1. The average Bonchev–Trinajstić information content (AvgIpc) is 2.67. The lowest BCUT2D eigenvalue weighted by atomic mass is 9.85. The van der Waals surface area contributed by atoms with Crippen LogP contribution in [0.25, 0.3) is 0 Å². The fourth-order valence-electron chi connectivity index (χ4n) is 4.22. The Kier molecular flexibility index (Phi) is 5.33. The molecule has 0 unspecified atom stereocenters. The number of rotatable bonds is 3. The van der Waals surface area contributed by atoms with Crippen LogP contribution in [0.2, 0.25) is 0 Å². The Balaban J connectivity index is 1.84. The molecule has 170 valence electrons. The Morgan fingerprint density at radius 3 is 2.56 bits per heavy atom. The van der Waals surface area contributed by atoms with E-state index < -0.39 is 17.8 Å². The molecular formula is C25H28O7. The second-order valence-electron chi connectivity index (χ2n) is 9.26. The van der Waals surface area contributed by atoms with Gasteiger partial charge in [0.05, 0.1) is 12.5 Å². The molecule has 32 heavy (non-hydrogen) atoms. The van der Waals surface area contributed by atoms with Crippen LogP contribution in [0.1, 0.15) is 67.3 Å². The quantitative estimate of drug-likeness (QED) is 0.531. The number of aliphatic hydroxyl groups excluding tert-OH is 1. The van der Waals surface area contributed by atoms with Gasteiger partial charge in [0, 0.05) is 35.2 Å². The number of phenols is 3. The van der Waals surface area contributed by atoms with Crippen LogP contribution in [0.4, 0.5) is 0 Å². The molecule has 0 amide bonds. The molecule has 0 radical (unpaired) electrons. The van der Waals surface area contributed by atoms with E-state index in [1.807, 2.05) is 26.0 Å². The summed E-state index contributed by atoms with van der Waals surface area (Å²) >= 11 is 0. The first-order valence-corrected chi connectivity index (χ1v) is 10.6. The number of carbonyl (C=O) groups excluding carboxylic acids is 1. The number of allylic oxidation sites excluding steroid dienone is 2. The number of aromatic hydroxyl groups is 3. The van der Waals surface area contributed by atoms with Crippen molar-refractivity contribution < 1.29 is 34.7 Å². The maximum absolute atomic E-state index is 12.8. The molecule has 4 N–H and O–H groups in total. The molecule has 0 aromatic heterocycles. The SMILES string of the molecule is CC(C)=CCc1c([C@@H]2CC(=O)c3c(O)cc(O)cc3O2)cc2c(c1O)OC(C)(C)[C@@H](O)C2. The first-order chi connectivity index (χ1) is 15.0. The van der Waals surface area contributed by atoms with Crippen molar-refractivity contribution in [3.8, 4) is 28.7 Å². The maximum Gasteiger partial charge on any atom is 0.174 e. The highest BCUT2D eigenvalue weighted by molar-refractivity contribution is 6.02. The monoisotopic (exact) mass is 440 g/mol. The molecule has 2 atom stereocenters. The summed E-state index contributed by atoms with van der Waals surface area (Å²) in [5.41, 5.74) is 2.05. The zero-order chi connectivity index (χ0) is 23.4. The Morgan fingerprint density at radius 1 is 1.16 bits per heavy atom. The van der Waals surface area contributed by atoms with Crippen LogP contribution in [0.5, 0.6) is 28.7 Å². The molecule has 2 heterocycles. The van der Waals surface area contributed by atoms with Crippen LogP contribution in [0.3, 0.4) is 0 Å². The Hall–Kier alpha value is -3.19. The minimum absolute atomic E-state index is 0.0319. The number of hydrogen-bond donors (Lipinski definition) is 4. The number of aliphatic hydroxyl groups is 1. The van der Waals surface area contributed by atoms with E-state index in [9.17, 15) is 25.2 Å². The van der Waals surface area contributed by atoms with Gasteiger partial charge in [-0.25, -0.2) is 0 Å².